The van der Waals surface area contributed by atoms with Gasteiger partial charge in [0.2, 0.25) is 5.91 Å². The van der Waals surface area contributed by atoms with E-state index in [0.29, 0.717) is 37.6 Å². The molecule has 3 aromatic carbocycles. The number of carbonyl (C=O) groups excluding carboxylic acids is 2. The van der Waals surface area contributed by atoms with Gasteiger partial charge in [0, 0.05) is 25.2 Å². The van der Waals surface area contributed by atoms with E-state index in [1.807, 2.05) is 54.7 Å². The molecule has 0 unspecified atom stereocenters. The van der Waals surface area contributed by atoms with Crippen molar-refractivity contribution in [2.75, 3.05) is 18.1 Å². The van der Waals surface area contributed by atoms with Gasteiger partial charge in [-0.2, -0.15) is 0 Å². The number of hydrogen-bond acceptors (Lipinski definition) is 6. The lowest BCUT2D eigenvalue weighted by Crippen LogP contribution is -2.45. The van der Waals surface area contributed by atoms with Gasteiger partial charge in [-0.1, -0.05) is 47.7 Å². The molecular weight excluding hydrogens is 494 g/mol. The average Bonchev–Trinajstić information content (AvgIpc) is 3.64. The lowest BCUT2D eigenvalue weighted by molar-refractivity contribution is -0.124. The highest BCUT2D eigenvalue weighted by atomic mass is 16.5. The van der Waals surface area contributed by atoms with Gasteiger partial charge >= 0.3 is 0 Å². The van der Waals surface area contributed by atoms with Gasteiger partial charge in [0.05, 0.1) is 31.0 Å². The number of rotatable bonds is 1. The van der Waals surface area contributed by atoms with Crippen molar-refractivity contribution >= 4 is 17.5 Å². The Morgan fingerprint density at radius 2 is 1.87 bits per heavy atom. The molecule has 3 aliphatic rings. The van der Waals surface area contributed by atoms with Gasteiger partial charge in [-0.15, -0.1) is 5.10 Å². The SMILES string of the molecule is O=C(c1ccccc1O)N1CC[C@]23C(=O)N(Cc4cn(nn4)CCCOc4cccc(c4)[C@H]12)c1ccccc13. The van der Waals surface area contributed by atoms with Crippen molar-refractivity contribution in [3.05, 3.63) is 101 Å². The highest BCUT2D eigenvalue weighted by Crippen LogP contribution is 2.57. The molecule has 3 aliphatic heterocycles. The van der Waals surface area contributed by atoms with Gasteiger partial charge in [0.1, 0.15) is 22.6 Å². The summed E-state index contributed by atoms with van der Waals surface area (Å²) in [6, 6.07) is 21.5. The molecule has 1 saturated heterocycles. The van der Waals surface area contributed by atoms with Crippen LogP contribution in [0.4, 0.5) is 5.69 Å². The normalized spacial score (nSPS) is 21.9. The van der Waals surface area contributed by atoms with Crippen molar-refractivity contribution in [2.24, 2.45) is 0 Å². The molecule has 196 valence electrons. The zero-order valence-corrected chi connectivity index (χ0v) is 21.2. The number of hydrogen-bond donors (Lipinski definition) is 1. The molecule has 0 saturated carbocycles. The molecule has 1 spiro atoms. The highest BCUT2D eigenvalue weighted by molar-refractivity contribution is 6.10. The van der Waals surface area contributed by atoms with Crippen LogP contribution in [0, 0.1) is 0 Å². The number of aromatic hydroxyl groups is 1. The second-order valence-corrected chi connectivity index (χ2v) is 10.3. The van der Waals surface area contributed by atoms with Crippen LogP contribution in [0.1, 0.15) is 46.1 Å². The van der Waals surface area contributed by atoms with E-state index in [-0.39, 0.29) is 29.7 Å². The molecular formula is C30H27N5O4. The number of amides is 2. The Kier molecular flexibility index (Phi) is 5.40. The van der Waals surface area contributed by atoms with Crippen LogP contribution in [-0.4, -0.2) is 50.0 Å². The second kappa shape index (κ2) is 8.97. The van der Waals surface area contributed by atoms with Gasteiger partial charge in [-0.25, -0.2) is 0 Å². The fourth-order valence-electron chi connectivity index (χ4n) is 6.41. The first-order chi connectivity index (χ1) is 19.1. The molecule has 1 fully saturated rings. The Morgan fingerprint density at radius 3 is 2.77 bits per heavy atom. The molecule has 4 heterocycles. The number of likely N-dealkylation sites (tertiary alicyclic amines) is 1. The largest absolute Gasteiger partial charge is 0.507 e. The third-order valence-corrected chi connectivity index (χ3v) is 8.10. The minimum atomic E-state index is -1.01. The van der Waals surface area contributed by atoms with Gasteiger partial charge in [-0.05, 0) is 47.9 Å². The Labute approximate surface area is 225 Å². The van der Waals surface area contributed by atoms with Crippen LogP contribution in [0.5, 0.6) is 11.5 Å². The fourth-order valence-corrected chi connectivity index (χ4v) is 6.41. The maximum absolute atomic E-state index is 14.6. The molecule has 2 atom stereocenters. The topological polar surface area (TPSA) is 101 Å². The summed E-state index contributed by atoms with van der Waals surface area (Å²) in [5, 5.41) is 19.1. The third-order valence-electron chi connectivity index (χ3n) is 8.10. The van der Waals surface area contributed by atoms with Crippen molar-refractivity contribution in [3.63, 3.8) is 0 Å². The number of fused-ring (bicyclic) bond motifs is 8. The summed E-state index contributed by atoms with van der Waals surface area (Å²) in [4.78, 5) is 32.2. The first kappa shape index (κ1) is 23.5. The minimum Gasteiger partial charge on any atom is -0.507 e. The predicted octanol–water partition coefficient (Wildman–Crippen LogP) is 3.84. The van der Waals surface area contributed by atoms with Crippen molar-refractivity contribution in [1.29, 1.82) is 0 Å². The first-order valence-electron chi connectivity index (χ1n) is 13.2. The predicted molar refractivity (Wildman–Crippen MR) is 142 cm³/mol. The van der Waals surface area contributed by atoms with Crippen LogP contribution in [-0.2, 0) is 23.3 Å². The fraction of sp³-hybridized carbons (Fsp3) is 0.267. The number of benzene rings is 3. The van der Waals surface area contributed by atoms with Crippen LogP contribution in [0.2, 0.25) is 0 Å². The van der Waals surface area contributed by atoms with E-state index in [2.05, 4.69) is 10.3 Å². The van der Waals surface area contributed by atoms with E-state index in [1.54, 1.807) is 32.7 Å². The Bertz CT molecular complexity index is 1600. The van der Waals surface area contributed by atoms with Gasteiger partial charge in [0.25, 0.3) is 5.91 Å². The van der Waals surface area contributed by atoms with E-state index in [1.165, 1.54) is 6.07 Å². The van der Waals surface area contributed by atoms with Crippen LogP contribution in [0.15, 0.2) is 79.0 Å². The lowest BCUT2D eigenvalue weighted by atomic mass is 9.72. The first-order valence-corrected chi connectivity index (χ1v) is 13.2. The Balaban J connectivity index is 1.43. The van der Waals surface area contributed by atoms with Gasteiger partial charge in [0.15, 0.2) is 0 Å². The van der Waals surface area contributed by atoms with Crippen LogP contribution in [0.25, 0.3) is 0 Å². The summed E-state index contributed by atoms with van der Waals surface area (Å²) < 4.78 is 7.87. The molecule has 9 nitrogen and oxygen atoms in total. The molecule has 2 amide bonds. The summed E-state index contributed by atoms with van der Waals surface area (Å²) in [5.41, 5.74) is 2.42. The Hall–Kier alpha value is -4.66. The van der Waals surface area contributed by atoms with Crippen molar-refractivity contribution in [2.45, 2.75) is 37.4 Å². The molecule has 1 aromatic heterocycles. The standard InChI is InChI=1S/C30H27N5O4/c36-26-12-4-1-9-23(26)28(37)34-15-13-30-24-10-2-3-11-25(24)35(29(30)38)19-21-18-33(32-31-21)14-6-16-39-22-8-5-7-20(17-22)27(30)34/h1-5,7-12,17-18,27,36H,6,13-16,19H2/t27-,30+/m0/s1. The van der Waals surface area contributed by atoms with E-state index in [0.717, 1.165) is 23.2 Å². The van der Waals surface area contributed by atoms with E-state index < -0.39 is 11.5 Å². The van der Waals surface area contributed by atoms with E-state index in [4.69, 9.17) is 4.74 Å². The molecule has 0 aliphatic carbocycles. The van der Waals surface area contributed by atoms with Gasteiger partial charge < -0.3 is 19.6 Å². The molecule has 4 aromatic rings. The average molecular weight is 522 g/mol. The summed E-state index contributed by atoms with van der Waals surface area (Å²) in [6.07, 6.45) is 3.06. The monoisotopic (exact) mass is 521 g/mol. The molecule has 0 radical (unpaired) electrons. The number of ether oxygens (including phenoxy) is 1. The molecule has 9 heteroatoms. The smallest absolute Gasteiger partial charge is 0.258 e. The van der Waals surface area contributed by atoms with E-state index >= 15 is 0 Å². The second-order valence-electron chi connectivity index (χ2n) is 10.3. The van der Waals surface area contributed by atoms with Crippen molar-refractivity contribution in [3.8, 4) is 11.5 Å². The number of nitrogens with zero attached hydrogens (tertiary/aromatic N) is 5. The minimum absolute atomic E-state index is 0.0722. The van der Waals surface area contributed by atoms with Crippen molar-refractivity contribution in [1.82, 2.24) is 19.9 Å². The molecule has 6 bridgehead atoms. The van der Waals surface area contributed by atoms with Crippen LogP contribution in [0.3, 0.4) is 0 Å². The molecule has 7 rings (SSSR count). The summed E-state index contributed by atoms with van der Waals surface area (Å²) >= 11 is 0. The summed E-state index contributed by atoms with van der Waals surface area (Å²) in [6.45, 7) is 1.77. The zero-order chi connectivity index (χ0) is 26.6. The number of aryl methyl sites for hydroxylation is 1. The van der Waals surface area contributed by atoms with Crippen LogP contribution >= 0.6 is 0 Å². The number of aromatic nitrogens is 3. The summed E-state index contributed by atoms with van der Waals surface area (Å²) in [5.74, 6) is 0.206. The Morgan fingerprint density at radius 1 is 1.03 bits per heavy atom. The zero-order valence-electron chi connectivity index (χ0n) is 21.2. The maximum Gasteiger partial charge on any atom is 0.258 e. The number of anilines is 1. The lowest BCUT2D eigenvalue weighted by Gasteiger charge is -2.35. The number of phenolic OH excluding ortho intramolecular Hbond substituents is 1. The maximum atomic E-state index is 14.6. The number of phenols is 1. The quantitative estimate of drug-likeness (QED) is 0.409. The number of carbonyl (C=O) groups is 2. The molecule has 39 heavy (non-hydrogen) atoms. The molecule has 1 N–H and O–H groups in total. The van der Waals surface area contributed by atoms with Crippen molar-refractivity contribution < 1.29 is 19.4 Å². The van der Waals surface area contributed by atoms with Gasteiger partial charge in [-0.3, -0.25) is 14.3 Å². The number of para-hydroxylation sites is 2. The van der Waals surface area contributed by atoms with E-state index in [9.17, 15) is 14.7 Å². The van der Waals surface area contributed by atoms with Crippen LogP contribution < -0.4 is 9.64 Å². The highest BCUT2D eigenvalue weighted by Gasteiger charge is 2.61. The summed E-state index contributed by atoms with van der Waals surface area (Å²) in [7, 11) is 0. The third kappa shape index (κ3) is 3.60.